The van der Waals surface area contributed by atoms with Crippen molar-refractivity contribution in [3.05, 3.63) is 59.1 Å². The second-order valence-corrected chi connectivity index (χ2v) is 15.8. The first-order valence-electron chi connectivity index (χ1n) is 22.8. The Morgan fingerprint density at radius 1 is 0.585 bits per heavy atom. The average Bonchev–Trinajstić information content (AvgIpc) is 3.56. The van der Waals surface area contributed by atoms with E-state index in [0.717, 1.165) is 58.2 Å². The van der Waals surface area contributed by atoms with Gasteiger partial charge in [-0.15, -0.1) is 0 Å². The number of allylic oxidation sites excluding steroid dienone is 8. The SMILES string of the molecule is CCCCC/C=C\C/C=C\CCCCCCCCC1(CCCCCCCC/C=C\C/C=C\CCCCC)OC[C@H](CN(C)CCCCCCN=[N+]=[N-])O1. The zero-order valence-electron chi connectivity index (χ0n) is 35.3. The molecule has 0 aromatic carbocycles. The molecule has 1 fully saturated rings. The molecule has 0 spiro atoms. The van der Waals surface area contributed by atoms with Crippen LogP contribution in [0.5, 0.6) is 0 Å². The molecule has 0 unspecified atom stereocenters. The third-order valence-electron chi connectivity index (χ3n) is 10.6. The van der Waals surface area contributed by atoms with E-state index in [9.17, 15) is 0 Å². The monoisotopic (exact) mass is 739 g/mol. The minimum Gasteiger partial charge on any atom is -0.347 e. The first-order chi connectivity index (χ1) is 26.2. The minimum atomic E-state index is -0.378. The summed E-state index contributed by atoms with van der Waals surface area (Å²) in [6, 6.07) is 0. The van der Waals surface area contributed by atoms with Gasteiger partial charge in [-0.3, -0.25) is 0 Å². The van der Waals surface area contributed by atoms with Crippen molar-refractivity contribution >= 4 is 0 Å². The number of ether oxygens (including phenoxy) is 2. The van der Waals surface area contributed by atoms with Crippen molar-refractivity contribution in [3.8, 4) is 0 Å². The second kappa shape index (κ2) is 38.4. The molecule has 0 aromatic heterocycles. The highest BCUT2D eigenvalue weighted by molar-refractivity contribution is 4.93. The summed E-state index contributed by atoms with van der Waals surface area (Å²) in [7, 11) is 2.22. The van der Waals surface area contributed by atoms with Crippen LogP contribution in [0.1, 0.15) is 206 Å². The average molecular weight is 739 g/mol. The third-order valence-corrected chi connectivity index (χ3v) is 10.6. The van der Waals surface area contributed by atoms with Crippen molar-refractivity contribution < 1.29 is 9.47 Å². The molecule has 1 atom stereocenters. The van der Waals surface area contributed by atoms with Gasteiger partial charge in [0.25, 0.3) is 0 Å². The summed E-state index contributed by atoms with van der Waals surface area (Å²) < 4.78 is 13.4. The first-order valence-corrected chi connectivity index (χ1v) is 22.8. The molecule has 53 heavy (non-hydrogen) atoms. The largest absolute Gasteiger partial charge is 0.347 e. The van der Waals surface area contributed by atoms with Gasteiger partial charge in [0.1, 0.15) is 0 Å². The van der Waals surface area contributed by atoms with Crippen LogP contribution in [0.15, 0.2) is 53.7 Å². The summed E-state index contributed by atoms with van der Waals surface area (Å²) in [6.45, 7) is 7.89. The Hall–Kier alpha value is -1.85. The number of rotatable bonds is 39. The fraction of sp³-hybridized carbons (Fsp3) is 0.830. The Balaban J connectivity index is 2.32. The molecule has 0 N–H and O–H groups in total. The highest BCUT2D eigenvalue weighted by Gasteiger charge is 2.40. The zero-order valence-corrected chi connectivity index (χ0v) is 35.3. The van der Waals surface area contributed by atoms with Gasteiger partial charge in [0.05, 0.1) is 12.7 Å². The van der Waals surface area contributed by atoms with E-state index in [2.05, 4.69) is 84.4 Å². The lowest BCUT2D eigenvalue weighted by Gasteiger charge is -2.29. The van der Waals surface area contributed by atoms with Gasteiger partial charge in [-0.2, -0.15) is 0 Å². The molecular weight excluding hydrogens is 653 g/mol. The van der Waals surface area contributed by atoms with Crippen molar-refractivity contribution in [2.75, 3.05) is 33.3 Å². The van der Waals surface area contributed by atoms with Gasteiger partial charge >= 0.3 is 0 Å². The molecule has 306 valence electrons. The highest BCUT2D eigenvalue weighted by atomic mass is 16.7. The Morgan fingerprint density at radius 3 is 1.51 bits per heavy atom. The van der Waals surface area contributed by atoms with Crippen LogP contribution < -0.4 is 0 Å². The van der Waals surface area contributed by atoms with E-state index in [-0.39, 0.29) is 11.9 Å². The molecule has 6 heteroatoms. The molecule has 1 heterocycles. The molecule has 1 aliphatic rings. The Morgan fingerprint density at radius 2 is 1.02 bits per heavy atom. The lowest BCUT2D eigenvalue weighted by Crippen LogP contribution is -2.35. The molecule has 0 aliphatic carbocycles. The van der Waals surface area contributed by atoms with Gasteiger partial charge < -0.3 is 14.4 Å². The standard InChI is InChI=1S/C47H86N4O2/c1-4-6-8-10-12-14-16-18-20-22-24-26-28-30-32-36-40-47(52-45-46(53-47)44-51(3)43-39-35-34-38-42-49-50-48)41-37-33-31-29-27-25-23-21-19-17-15-13-11-9-7-5-2/h12-15,18-21,46H,4-11,16-17,22-45H2,1-3H3/b14-12-,15-13-,20-18-,21-19-/t46-/m0/s1. The van der Waals surface area contributed by atoms with Crippen molar-refractivity contribution in [1.82, 2.24) is 4.90 Å². The Kier molecular flexibility index (Phi) is 35.6. The lowest BCUT2D eigenvalue weighted by atomic mass is 9.98. The van der Waals surface area contributed by atoms with E-state index in [4.69, 9.17) is 15.0 Å². The van der Waals surface area contributed by atoms with Crippen LogP contribution in [-0.4, -0.2) is 50.1 Å². The number of nitrogens with zero attached hydrogens (tertiary/aromatic N) is 4. The second-order valence-electron chi connectivity index (χ2n) is 15.8. The Labute approximate surface area is 329 Å². The smallest absolute Gasteiger partial charge is 0.168 e. The molecule has 1 rings (SSSR count). The van der Waals surface area contributed by atoms with Crippen LogP contribution in [-0.2, 0) is 9.47 Å². The fourth-order valence-corrected chi connectivity index (χ4v) is 7.26. The van der Waals surface area contributed by atoms with Gasteiger partial charge in [0.2, 0.25) is 0 Å². The van der Waals surface area contributed by atoms with Crippen LogP contribution in [0.4, 0.5) is 0 Å². The number of unbranched alkanes of at least 4 members (excludes halogenated alkanes) is 21. The van der Waals surface area contributed by atoms with E-state index < -0.39 is 0 Å². The van der Waals surface area contributed by atoms with Crippen LogP contribution in [0.2, 0.25) is 0 Å². The summed E-state index contributed by atoms with van der Waals surface area (Å²) in [5.41, 5.74) is 8.44. The van der Waals surface area contributed by atoms with E-state index in [1.54, 1.807) is 0 Å². The number of hydrogen-bond donors (Lipinski definition) is 0. The van der Waals surface area contributed by atoms with Gasteiger partial charge in [0.15, 0.2) is 5.79 Å². The van der Waals surface area contributed by atoms with Crippen molar-refractivity contribution in [3.63, 3.8) is 0 Å². The third kappa shape index (κ3) is 32.1. The lowest BCUT2D eigenvalue weighted by molar-refractivity contribution is -0.180. The van der Waals surface area contributed by atoms with E-state index in [1.807, 2.05) is 0 Å². The van der Waals surface area contributed by atoms with Gasteiger partial charge in [-0.05, 0) is 109 Å². The van der Waals surface area contributed by atoms with Gasteiger partial charge in [0, 0.05) is 30.8 Å². The summed E-state index contributed by atoms with van der Waals surface area (Å²) in [4.78, 5) is 5.27. The van der Waals surface area contributed by atoms with E-state index >= 15 is 0 Å². The summed E-state index contributed by atoms with van der Waals surface area (Å²) in [5.74, 6) is -0.378. The molecule has 1 aliphatic heterocycles. The molecule has 0 saturated carbocycles. The van der Waals surface area contributed by atoms with E-state index in [1.165, 1.54) is 154 Å². The number of azide groups is 1. The predicted molar refractivity (Wildman–Crippen MR) is 231 cm³/mol. The van der Waals surface area contributed by atoms with E-state index in [0.29, 0.717) is 6.54 Å². The number of hydrogen-bond acceptors (Lipinski definition) is 4. The van der Waals surface area contributed by atoms with Gasteiger partial charge in [-0.25, -0.2) is 0 Å². The maximum Gasteiger partial charge on any atom is 0.168 e. The summed E-state index contributed by atoms with van der Waals surface area (Å²) in [6.07, 6.45) is 56.1. The van der Waals surface area contributed by atoms with Crippen LogP contribution in [0.3, 0.4) is 0 Å². The molecule has 6 nitrogen and oxygen atoms in total. The fourth-order valence-electron chi connectivity index (χ4n) is 7.26. The molecule has 0 aromatic rings. The number of likely N-dealkylation sites (N-methyl/N-ethyl adjacent to an activating group) is 1. The molecule has 0 amide bonds. The molecule has 0 radical (unpaired) electrons. The minimum absolute atomic E-state index is 0.166. The van der Waals surface area contributed by atoms with Crippen LogP contribution in [0, 0.1) is 0 Å². The maximum atomic E-state index is 8.44. The van der Waals surface area contributed by atoms with Crippen LogP contribution >= 0.6 is 0 Å². The highest BCUT2D eigenvalue weighted by Crippen LogP contribution is 2.35. The van der Waals surface area contributed by atoms with Crippen molar-refractivity contribution in [1.29, 1.82) is 0 Å². The van der Waals surface area contributed by atoms with Gasteiger partial charge in [-0.1, -0.05) is 157 Å². The predicted octanol–water partition coefficient (Wildman–Crippen LogP) is 15.3. The molecule has 1 saturated heterocycles. The summed E-state index contributed by atoms with van der Waals surface area (Å²) >= 11 is 0. The quantitative estimate of drug-likeness (QED) is 0.0207. The summed E-state index contributed by atoms with van der Waals surface area (Å²) in [5, 5.41) is 3.65. The molecule has 0 bridgehead atoms. The first kappa shape index (κ1) is 49.2. The van der Waals surface area contributed by atoms with Crippen LogP contribution in [0.25, 0.3) is 10.4 Å². The molecular formula is C47H86N4O2. The topological polar surface area (TPSA) is 70.5 Å². The van der Waals surface area contributed by atoms with Crippen molar-refractivity contribution in [2.45, 2.75) is 218 Å². The Bertz CT molecular complexity index is 906. The van der Waals surface area contributed by atoms with Crippen molar-refractivity contribution in [2.24, 2.45) is 5.11 Å². The maximum absolute atomic E-state index is 8.44. The normalized spacial score (nSPS) is 16.0. The zero-order chi connectivity index (χ0) is 38.2.